The van der Waals surface area contributed by atoms with Crippen LogP contribution in [0.25, 0.3) is 22.2 Å². The first-order valence-electron chi connectivity index (χ1n) is 13.7. The van der Waals surface area contributed by atoms with Gasteiger partial charge in [-0.1, -0.05) is 87.5 Å². The largest absolute Gasteiger partial charge is 0.478 e. The molecule has 0 unspecified atom stereocenters. The summed E-state index contributed by atoms with van der Waals surface area (Å²) in [5.41, 5.74) is 3.07. The molecule has 0 saturated heterocycles. The molecular formula is C33H33N3O3Si. The molecule has 5 aromatic rings. The lowest BCUT2D eigenvalue weighted by Gasteiger charge is -2.45. The molecule has 6 rings (SSSR count). The molecule has 0 radical (unpaired) electrons. The molecule has 202 valence electrons. The topological polar surface area (TPSA) is 77.2 Å². The Morgan fingerprint density at radius 1 is 0.975 bits per heavy atom. The Morgan fingerprint density at radius 3 is 2.15 bits per heavy atom. The molecule has 3 aromatic carbocycles. The summed E-state index contributed by atoms with van der Waals surface area (Å²) >= 11 is 0. The standard InChI is InChI=1S/C33H33N3O3Si/c1-32(2,3)40(26-12-6-4-7-13-26,27-14-8-5-9-15-27)39-33(16-17-33)22-36-23-35-29-20-25(31(37)38)19-28(30(29)36)24-11-10-18-34-21-24/h4-15,18-21,23H,16-17,22H2,1-3H3,(H,37,38). The van der Waals surface area contributed by atoms with E-state index >= 15 is 0 Å². The van der Waals surface area contributed by atoms with Crippen LogP contribution in [0.4, 0.5) is 0 Å². The van der Waals surface area contributed by atoms with Crippen LogP contribution >= 0.6 is 0 Å². The van der Waals surface area contributed by atoms with Crippen molar-refractivity contribution in [1.82, 2.24) is 14.5 Å². The summed E-state index contributed by atoms with van der Waals surface area (Å²) in [7, 11) is -2.75. The average molecular weight is 548 g/mol. The van der Waals surface area contributed by atoms with Crippen molar-refractivity contribution in [3.63, 3.8) is 0 Å². The van der Waals surface area contributed by atoms with E-state index in [1.807, 2.05) is 18.5 Å². The zero-order valence-electron chi connectivity index (χ0n) is 23.0. The summed E-state index contributed by atoms with van der Waals surface area (Å²) in [6.07, 6.45) is 7.21. The van der Waals surface area contributed by atoms with Gasteiger partial charge in [-0.3, -0.25) is 4.98 Å². The van der Waals surface area contributed by atoms with Crippen molar-refractivity contribution in [3.05, 3.63) is 109 Å². The molecular weight excluding hydrogens is 514 g/mol. The number of benzene rings is 3. The van der Waals surface area contributed by atoms with E-state index < -0.39 is 14.3 Å². The van der Waals surface area contributed by atoms with E-state index in [0.717, 1.165) is 29.5 Å². The SMILES string of the molecule is CC(C)(C)[Si](OC1(Cn2cnc3cc(C(=O)O)cc(-c4cccnc4)c32)CC1)(c1ccccc1)c1ccccc1. The summed E-state index contributed by atoms with van der Waals surface area (Å²) in [5.74, 6) is -0.977. The lowest BCUT2D eigenvalue weighted by atomic mass is 10.0. The van der Waals surface area contributed by atoms with Crippen LogP contribution in [0.15, 0.2) is 104 Å². The molecule has 0 atom stereocenters. The third kappa shape index (κ3) is 4.55. The Morgan fingerprint density at radius 2 is 1.62 bits per heavy atom. The number of hydrogen-bond donors (Lipinski definition) is 1. The molecule has 1 aliphatic carbocycles. The Hall–Kier alpha value is -4.07. The van der Waals surface area contributed by atoms with Gasteiger partial charge in [0.05, 0.1) is 35.1 Å². The molecule has 0 spiro atoms. The van der Waals surface area contributed by atoms with Crippen molar-refractivity contribution in [1.29, 1.82) is 0 Å². The van der Waals surface area contributed by atoms with Gasteiger partial charge < -0.3 is 14.1 Å². The fraction of sp³-hybridized carbons (Fsp3) is 0.242. The van der Waals surface area contributed by atoms with E-state index in [9.17, 15) is 9.90 Å². The lowest BCUT2D eigenvalue weighted by molar-refractivity contribution is 0.0697. The van der Waals surface area contributed by atoms with Crippen LogP contribution in [0.2, 0.25) is 5.04 Å². The van der Waals surface area contributed by atoms with Gasteiger partial charge in [-0.15, -0.1) is 0 Å². The van der Waals surface area contributed by atoms with Crippen LogP contribution in [0.1, 0.15) is 44.0 Å². The molecule has 0 amide bonds. The number of imidazole rings is 1. The molecule has 7 heteroatoms. The van der Waals surface area contributed by atoms with Crippen molar-refractivity contribution in [3.8, 4) is 11.1 Å². The Kier molecular flexibility index (Phi) is 6.43. The number of carbonyl (C=O) groups is 1. The Bertz CT molecular complexity index is 1620. The van der Waals surface area contributed by atoms with Crippen LogP contribution in [-0.4, -0.2) is 39.5 Å². The maximum atomic E-state index is 11.9. The number of hydrogen-bond acceptors (Lipinski definition) is 4. The lowest BCUT2D eigenvalue weighted by Crippen LogP contribution is -2.68. The quantitative estimate of drug-likeness (QED) is 0.245. The molecule has 0 aliphatic heterocycles. The highest BCUT2D eigenvalue weighted by atomic mass is 28.4. The van der Waals surface area contributed by atoms with Crippen LogP contribution in [0, 0.1) is 0 Å². The molecule has 2 heterocycles. The number of fused-ring (bicyclic) bond motifs is 1. The van der Waals surface area contributed by atoms with E-state index in [0.29, 0.717) is 12.1 Å². The molecule has 1 N–H and O–H groups in total. The molecule has 1 saturated carbocycles. The summed E-state index contributed by atoms with van der Waals surface area (Å²) in [6.45, 7) is 7.54. The maximum Gasteiger partial charge on any atom is 0.335 e. The number of carboxylic acid groups (broad SMARTS) is 1. The molecule has 1 aliphatic rings. The first kappa shape index (κ1) is 26.2. The minimum Gasteiger partial charge on any atom is -0.478 e. The van der Waals surface area contributed by atoms with Gasteiger partial charge in [-0.25, -0.2) is 9.78 Å². The van der Waals surface area contributed by atoms with E-state index in [-0.39, 0.29) is 16.2 Å². The van der Waals surface area contributed by atoms with Gasteiger partial charge in [-0.05, 0) is 46.5 Å². The van der Waals surface area contributed by atoms with Crippen molar-refractivity contribution in [2.24, 2.45) is 0 Å². The van der Waals surface area contributed by atoms with Gasteiger partial charge in [0.25, 0.3) is 8.32 Å². The zero-order valence-corrected chi connectivity index (χ0v) is 24.0. The number of nitrogens with zero attached hydrogens (tertiary/aromatic N) is 3. The molecule has 0 bridgehead atoms. The fourth-order valence-corrected chi connectivity index (χ4v) is 10.8. The van der Waals surface area contributed by atoms with Gasteiger partial charge in [0.15, 0.2) is 0 Å². The van der Waals surface area contributed by atoms with Crippen molar-refractivity contribution < 1.29 is 14.3 Å². The van der Waals surface area contributed by atoms with Gasteiger partial charge in [-0.2, -0.15) is 0 Å². The second-order valence-corrected chi connectivity index (χ2v) is 16.0. The van der Waals surface area contributed by atoms with Crippen molar-refractivity contribution in [2.45, 2.75) is 50.8 Å². The Balaban J connectivity index is 1.47. The third-order valence-corrected chi connectivity index (χ3v) is 13.1. The molecule has 1 fully saturated rings. The predicted octanol–water partition coefficient (Wildman–Crippen LogP) is 5.91. The van der Waals surface area contributed by atoms with E-state index in [2.05, 4.69) is 96.0 Å². The van der Waals surface area contributed by atoms with E-state index in [4.69, 9.17) is 4.43 Å². The summed E-state index contributed by atoms with van der Waals surface area (Å²) < 4.78 is 9.73. The summed E-state index contributed by atoms with van der Waals surface area (Å²) in [5, 5.41) is 12.2. The second kappa shape index (κ2) is 9.84. The third-order valence-electron chi connectivity index (χ3n) is 7.99. The van der Waals surface area contributed by atoms with Crippen LogP contribution in [-0.2, 0) is 11.0 Å². The van der Waals surface area contributed by atoms with Crippen LogP contribution in [0.5, 0.6) is 0 Å². The Labute approximate surface area is 235 Å². The monoisotopic (exact) mass is 547 g/mol. The van der Waals surface area contributed by atoms with Crippen molar-refractivity contribution in [2.75, 3.05) is 0 Å². The van der Waals surface area contributed by atoms with Gasteiger partial charge >= 0.3 is 5.97 Å². The minimum absolute atomic E-state index is 0.125. The highest BCUT2D eigenvalue weighted by Gasteiger charge is 2.58. The molecule has 40 heavy (non-hydrogen) atoms. The number of aromatic carboxylic acids is 1. The first-order valence-corrected chi connectivity index (χ1v) is 15.6. The van der Waals surface area contributed by atoms with Crippen LogP contribution < -0.4 is 10.4 Å². The van der Waals surface area contributed by atoms with Crippen molar-refractivity contribution >= 4 is 35.7 Å². The number of pyridine rings is 1. The van der Waals surface area contributed by atoms with E-state index in [1.165, 1.54) is 10.4 Å². The summed E-state index contributed by atoms with van der Waals surface area (Å²) in [4.78, 5) is 20.9. The van der Waals surface area contributed by atoms with Crippen LogP contribution in [0.3, 0.4) is 0 Å². The molecule has 6 nitrogen and oxygen atoms in total. The molecule has 2 aromatic heterocycles. The predicted molar refractivity (Wildman–Crippen MR) is 161 cm³/mol. The summed E-state index contributed by atoms with van der Waals surface area (Å²) in [6, 6.07) is 28.6. The van der Waals surface area contributed by atoms with E-state index in [1.54, 1.807) is 24.5 Å². The highest BCUT2D eigenvalue weighted by molar-refractivity contribution is 6.99. The highest BCUT2D eigenvalue weighted by Crippen LogP contribution is 2.49. The number of carboxylic acids is 1. The maximum absolute atomic E-state index is 11.9. The van der Waals surface area contributed by atoms with Gasteiger partial charge in [0.1, 0.15) is 0 Å². The second-order valence-electron chi connectivity index (χ2n) is 11.8. The number of rotatable bonds is 8. The smallest absolute Gasteiger partial charge is 0.335 e. The zero-order chi connectivity index (χ0) is 28.0. The minimum atomic E-state index is -2.75. The first-order chi connectivity index (χ1) is 19.2. The normalized spacial score (nSPS) is 14.8. The van der Waals surface area contributed by atoms with Gasteiger partial charge in [0.2, 0.25) is 0 Å². The number of aromatic nitrogens is 3. The van der Waals surface area contributed by atoms with Gasteiger partial charge in [0, 0.05) is 23.5 Å². The average Bonchev–Trinajstić information content (AvgIpc) is 3.61. The fourth-order valence-electron chi connectivity index (χ4n) is 5.91.